The molecule has 0 N–H and O–H groups in total. The van der Waals surface area contributed by atoms with Crippen molar-refractivity contribution in [3.63, 3.8) is 0 Å². The molecule has 6 atom stereocenters. The molecular weight excluding hydrogens is 343 g/mol. The highest BCUT2D eigenvalue weighted by molar-refractivity contribution is 6.30. The normalized spacial score (nSPS) is 37.3. The van der Waals surface area contributed by atoms with Gasteiger partial charge in [0.2, 0.25) is 0 Å². The summed E-state index contributed by atoms with van der Waals surface area (Å²) in [5.41, 5.74) is 1.17. The van der Waals surface area contributed by atoms with E-state index < -0.39 is 0 Å². The second-order valence-corrected chi connectivity index (χ2v) is 9.43. The molecule has 26 heavy (non-hydrogen) atoms. The number of hydrogen-bond donors (Lipinski definition) is 0. The van der Waals surface area contributed by atoms with Crippen LogP contribution < -0.4 is 0 Å². The van der Waals surface area contributed by atoms with Gasteiger partial charge in [-0.1, -0.05) is 36.7 Å². The predicted molar refractivity (Wildman–Crippen MR) is 108 cm³/mol. The molecule has 0 aliphatic heterocycles. The van der Waals surface area contributed by atoms with Gasteiger partial charge in [-0.2, -0.15) is 0 Å². The Morgan fingerprint density at radius 3 is 2.46 bits per heavy atom. The van der Waals surface area contributed by atoms with Crippen LogP contribution in [0.25, 0.3) is 0 Å². The van der Waals surface area contributed by atoms with Crippen LogP contribution in [0.1, 0.15) is 76.2 Å². The van der Waals surface area contributed by atoms with Gasteiger partial charge in [-0.3, -0.25) is 0 Å². The fraction of sp³-hybridized carbons (Fsp3) is 0.667. The number of benzene rings is 1. The van der Waals surface area contributed by atoms with Crippen LogP contribution in [-0.2, 0) is 0 Å². The molecule has 0 spiro atoms. The quantitative estimate of drug-likeness (QED) is 0.474. The van der Waals surface area contributed by atoms with Crippen LogP contribution >= 0.6 is 11.6 Å². The van der Waals surface area contributed by atoms with Crippen LogP contribution in [0.4, 0.5) is 4.39 Å². The molecule has 2 heteroatoms. The lowest BCUT2D eigenvalue weighted by Gasteiger charge is -2.50. The van der Waals surface area contributed by atoms with E-state index in [1.807, 2.05) is 6.07 Å². The Morgan fingerprint density at radius 1 is 1.00 bits per heavy atom. The highest BCUT2D eigenvalue weighted by Gasteiger charge is 2.44. The zero-order chi connectivity index (χ0) is 18.1. The van der Waals surface area contributed by atoms with Crippen molar-refractivity contribution in [1.82, 2.24) is 0 Å². The maximum absolute atomic E-state index is 13.9. The molecule has 0 unspecified atom stereocenters. The minimum atomic E-state index is -0.256. The smallest absolute Gasteiger partial charge is 0.142 e. The molecule has 142 valence electrons. The van der Waals surface area contributed by atoms with Crippen LogP contribution in [-0.4, -0.2) is 0 Å². The lowest BCUT2D eigenvalue weighted by Crippen LogP contribution is -2.41. The van der Waals surface area contributed by atoms with E-state index in [-0.39, 0.29) is 10.8 Å². The molecule has 0 bridgehead atoms. The molecule has 0 saturated heterocycles. The Morgan fingerprint density at radius 2 is 1.73 bits per heavy atom. The van der Waals surface area contributed by atoms with Crippen LogP contribution in [0.2, 0.25) is 5.02 Å². The Balaban J connectivity index is 1.41. The van der Waals surface area contributed by atoms with Gasteiger partial charge in [0.1, 0.15) is 5.82 Å². The van der Waals surface area contributed by atoms with Gasteiger partial charge in [0.05, 0.1) is 5.02 Å². The maximum atomic E-state index is 13.9. The predicted octanol–water partition coefficient (Wildman–Crippen LogP) is 7.77. The summed E-state index contributed by atoms with van der Waals surface area (Å²) in [6, 6.07) is 5.47. The van der Waals surface area contributed by atoms with Gasteiger partial charge < -0.3 is 0 Å². The molecule has 0 aromatic heterocycles. The second-order valence-electron chi connectivity index (χ2n) is 9.02. The number of fused-ring (bicyclic) bond motifs is 3. The van der Waals surface area contributed by atoms with E-state index in [0.717, 1.165) is 29.6 Å². The maximum Gasteiger partial charge on any atom is 0.142 e. The SMILES string of the molecule is CCC=C[C@@H]1CC[C@H]2[C@H](CC[C@H]3C[C@H](c4ccc(Cl)c(F)c4)CC[C@@H]32)C1. The summed E-state index contributed by atoms with van der Waals surface area (Å²) in [4.78, 5) is 0. The Hall–Kier alpha value is -0.820. The summed E-state index contributed by atoms with van der Waals surface area (Å²) in [6.45, 7) is 2.23. The fourth-order valence-corrected chi connectivity index (χ4v) is 6.52. The highest BCUT2D eigenvalue weighted by Crippen LogP contribution is 2.54. The topological polar surface area (TPSA) is 0 Å². The minimum Gasteiger partial charge on any atom is -0.205 e. The van der Waals surface area contributed by atoms with Gasteiger partial charge in [0, 0.05) is 0 Å². The molecule has 4 rings (SSSR count). The van der Waals surface area contributed by atoms with Crippen molar-refractivity contribution in [2.24, 2.45) is 29.6 Å². The molecule has 3 saturated carbocycles. The number of allylic oxidation sites excluding steroid dienone is 2. The first-order valence-corrected chi connectivity index (χ1v) is 11.1. The Kier molecular flexibility index (Phi) is 5.74. The van der Waals surface area contributed by atoms with E-state index in [9.17, 15) is 4.39 Å². The summed E-state index contributed by atoms with van der Waals surface area (Å²) < 4.78 is 13.9. The van der Waals surface area contributed by atoms with Gasteiger partial charge in [-0.15, -0.1) is 0 Å². The summed E-state index contributed by atoms with van der Waals surface area (Å²) in [7, 11) is 0. The minimum absolute atomic E-state index is 0.247. The van der Waals surface area contributed by atoms with Crippen molar-refractivity contribution in [2.45, 2.75) is 70.6 Å². The van der Waals surface area contributed by atoms with Crippen LogP contribution in [0.5, 0.6) is 0 Å². The van der Waals surface area contributed by atoms with Crippen LogP contribution in [0.3, 0.4) is 0 Å². The number of halogens is 2. The van der Waals surface area contributed by atoms with E-state index in [4.69, 9.17) is 11.6 Å². The molecule has 1 aromatic rings. The van der Waals surface area contributed by atoms with E-state index in [2.05, 4.69) is 19.1 Å². The van der Waals surface area contributed by atoms with Crippen molar-refractivity contribution in [3.8, 4) is 0 Å². The van der Waals surface area contributed by atoms with E-state index in [1.165, 1.54) is 63.4 Å². The lowest BCUT2D eigenvalue weighted by molar-refractivity contribution is 0.0127. The summed E-state index contributed by atoms with van der Waals surface area (Å²) in [5.74, 6) is 4.82. The number of hydrogen-bond acceptors (Lipinski definition) is 0. The molecule has 3 fully saturated rings. The Bertz CT molecular complexity index is 652. The zero-order valence-electron chi connectivity index (χ0n) is 16.0. The van der Waals surface area contributed by atoms with Crippen LogP contribution in [0, 0.1) is 35.4 Å². The van der Waals surface area contributed by atoms with Crippen molar-refractivity contribution in [2.75, 3.05) is 0 Å². The van der Waals surface area contributed by atoms with Crippen LogP contribution in [0.15, 0.2) is 30.4 Å². The largest absolute Gasteiger partial charge is 0.205 e. The van der Waals surface area contributed by atoms with Crippen molar-refractivity contribution in [3.05, 3.63) is 46.8 Å². The highest BCUT2D eigenvalue weighted by atomic mass is 35.5. The molecule has 0 heterocycles. The van der Waals surface area contributed by atoms with Crippen molar-refractivity contribution >= 4 is 11.6 Å². The first kappa shape index (κ1) is 18.5. The standard InChI is InChI=1S/C24H32ClF/c1-2-3-4-16-5-10-21-19(13-16)6-7-20-14-17(8-11-22(20)21)18-9-12-23(25)24(26)15-18/h3-4,9,12,15-17,19-22H,2,5-8,10-11,13-14H2,1H3/t16-,17-,19-,20+,21+,22+/m1/s1. The third-order valence-corrected chi connectivity index (χ3v) is 7.95. The van der Waals surface area contributed by atoms with Crippen molar-refractivity contribution < 1.29 is 4.39 Å². The monoisotopic (exact) mass is 374 g/mol. The third kappa shape index (κ3) is 3.75. The Labute approximate surface area is 163 Å². The van der Waals surface area contributed by atoms with Gasteiger partial charge in [-0.05, 0) is 111 Å². The van der Waals surface area contributed by atoms with E-state index >= 15 is 0 Å². The molecule has 1 aromatic carbocycles. The average Bonchev–Trinajstić information content (AvgIpc) is 2.67. The second kappa shape index (κ2) is 8.05. The molecule has 0 nitrogen and oxygen atoms in total. The first-order valence-electron chi connectivity index (χ1n) is 10.8. The van der Waals surface area contributed by atoms with E-state index in [1.54, 1.807) is 12.1 Å². The molecule has 0 radical (unpaired) electrons. The lowest BCUT2D eigenvalue weighted by atomic mass is 9.55. The fourth-order valence-electron chi connectivity index (χ4n) is 6.40. The summed E-state index contributed by atoms with van der Waals surface area (Å²) >= 11 is 5.87. The molecular formula is C24H32ClF. The van der Waals surface area contributed by atoms with Gasteiger partial charge in [0.25, 0.3) is 0 Å². The molecule has 0 amide bonds. The zero-order valence-corrected chi connectivity index (χ0v) is 16.7. The van der Waals surface area contributed by atoms with E-state index in [0.29, 0.717) is 5.92 Å². The average molecular weight is 375 g/mol. The van der Waals surface area contributed by atoms with Crippen molar-refractivity contribution in [1.29, 1.82) is 0 Å². The molecule has 3 aliphatic rings. The van der Waals surface area contributed by atoms with Gasteiger partial charge in [0.15, 0.2) is 0 Å². The molecule has 3 aliphatic carbocycles. The van der Waals surface area contributed by atoms with Gasteiger partial charge >= 0.3 is 0 Å². The first-order chi connectivity index (χ1) is 12.7. The summed E-state index contributed by atoms with van der Waals surface area (Å²) in [6.07, 6.45) is 16.9. The number of rotatable bonds is 3. The third-order valence-electron chi connectivity index (χ3n) is 7.64. The summed E-state index contributed by atoms with van der Waals surface area (Å²) in [5, 5.41) is 0.247. The van der Waals surface area contributed by atoms with Gasteiger partial charge in [-0.25, -0.2) is 4.39 Å².